The number of nitrogens with zero attached hydrogens (tertiary/aromatic N) is 2. The van der Waals surface area contributed by atoms with Gasteiger partial charge in [-0.3, -0.25) is 14.4 Å². The van der Waals surface area contributed by atoms with E-state index in [1.165, 1.54) is 16.8 Å². The van der Waals surface area contributed by atoms with Crippen LogP contribution < -0.4 is 10.7 Å². The van der Waals surface area contributed by atoms with Crippen LogP contribution in [0.25, 0.3) is 0 Å². The van der Waals surface area contributed by atoms with Crippen LogP contribution in [0.15, 0.2) is 29.2 Å². The quantitative estimate of drug-likeness (QED) is 0.733. The number of nitrogens with one attached hydrogen (secondary N) is 1. The highest BCUT2D eigenvalue weighted by Gasteiger charge is 2.44. The number of amides is 2. The summed E-state index contributed by atoms with van der Waals surface area (Å²) < 4.78 is 34.5. The minimum absolute atomic E-state index is 0.0375. The SMILES string of the molecule is O=C(NCc1ccc(F)cc1F)c1cn2c(c(O)c1=O)C(=O)N1CC3CCCC[C@@H]3O[C@@H]1C2. The zero-order valence-corrected chi connectivity index (χ0v) is 17.7. The number of aromatic nitrogens is 1. The fourth-order valence-corrected chi connectivity index (χ4v) is 4.98. The van der Waals surface area contributed by atoms with Gasteiger partial charge in [-0.15, -0.1) is 0 Å². The molecule has 1 saturated carbocycles. The van der Waals surface area contributed by atoms with Crippen LogP contribution in [0.3, 0.4) is 0 Å². The molecule has 0 bridgehead atoms. The molecule has 1 saturated heterocycles. The van der Waals surface area contributed by atoms with Crippen molar-refractivity contribution in [2.75, 3.05) is 6.54 Å². The molecule has 2 amide bonds. The second-order valence-corrected chi connectivity index (χ2v) is 8.77. The molecule has 3 aliphatic rings. The van der Waals surface area contributed by atoms with E-state index >= 15 is 0 Å². The van der Waals surface area contributed by atoms with Crippen LogP contribution in [0.4, 0.5) is 8.78 Å². The van der Waals surface area contributed by atoms with Crippen molar-refractivity contribution < 1.29 is 28.2 Å². The minimum atomic E-state index is -0.987. The zero-order chi connectivity index (χ0) is 23.3. The number of aromatic hydroxyl groups is 1. The van der Waals surface area contributed by atoms with E-state index in [0.717, 1.165) is 31.7 Å². The van der Waals surface area contributed by atoms with Crippen molar-refractivity contribution in [3.63, 3.8) is 0 Å². The Morgan fingerprint density at radius 3 is 2.76 bits per heavy atom. The molecule has 1 unspecified atom stereocenters. The first kappa shape index (κ1) is 21.6. The Kier molecular flexibility index (Phi) is 5.40. The third kappa shape index (κ3) is 3.78. The summed E-state index contributed by atoms with van der Waals surface area (Å²) in [5.74, 6) is -3.50. The van der Waals surface area contributed by atoms with Crippen LogP contribution in [0.5, 0.6) is 5.75 Å². The van der Waals surface area contributed by atoms with Crippen molar-refractivity contribution in [2.24, 2.45) is 5.92 Å². The first-order chi connectivity index (χ1) is 15.8. The molecule has 3 heterocycles. The van der Waals surface area contributed by atoms with Gasteiger partial charge in [0.1, 0.15) is 17.2 Å². The number of carbonyl (C=O) groups is 2. The number of rotatable bonds is 3. The van der Waals surface area contributed by atoms with E-state index in [-0.39, 0.29) is 41.9 Å². The Balaban J connectivity index is 1.40. The summed E-state index contributed by atoms with van der Waals surface area (Å²) in [7, 11) is 0. The number of hydrogen-bond acceptors (Lipinski definition) is 5. The lowest BCUT2D eigenvalue weighted by molar-refractivity contribution is -0.169. The molecule has 33 heavy (non-hydrogen) atoms. The van der Waals surface area contributed by atoms with Crippen molar-refractivity contribution in [2.45, 2.75) is 51.1 Å². The van der Waals surface area contributed by atoms with Gasteiger partial charge in [0.25, 0.3) is 11.8 Å². The molecule has 174 valence electrons. The average molecular weight is 459 g/mol. The maximum absolute atomic E-state index is 13.8. The van der Waals surface area contributed by atoms with Crippen LogP contribution in [0.2, 0.25) is 0 Å². The van der Waals surface area contributed by atoms with Gasteiger partial charge in [-0.1, -0.05) is 18.9 Å². The smallest absolute Gasteiger partial charge is 0.276 e. The van der Waals surface area contributed by atoms with Crippen LogP contribution in [-0.2, 0) is 17.8 Å². The molecule has 2 aromatic rings. The largest absolute Gasteiger partial charge is 0.503 e. The van der Waals surface area contributed by atoms with E-state index in [4.69, 9.17) is 4.74 Å². The summed E-state index contributed by atoms with van der Waals surface area (Å²) in [6.45, 7) is 0.396. The van der Waals surface area contributed by atoms with Gasteiger partial charge >= 0.3 is 0 Å². The predicted octanol–water partition coefficient (Wildman–Crippen LogP) is 2.13. The van der Waals surface area contributed by atoms with E-state index in [2.05, 4.69) is 5.32 Å². The number of benzene rings is 1. The fourth-order valence-electron chi connectivity index (χ4n) is 4.98. The van der Waals surface area contributed by atoms with Crippen molar-refractivity contribution >= 4 is 11.8 Å². The van der Waals surface area contributed by atoms with Gasteiger partial charge < -0.3 is 24.6 Å². The molecule has 1 aliphatic carbocycles. The molecule has 5 rings (SSSR count). The summed E-state index contributed by atoms with van der Waals surface area (Å²) in [6, 6.07) is 2.94. The Labute approximate surface area is 187 Å². The number of halogens is 2. The van der Waals surface area contributed by atoms with Crippen LogP contribution in [-0.4, -0.2) is 45.3 Å². The van der Waals surface area contributed by atoms with Crippen molar-refractivity contribution in [1.82, 2.24) is 14.8 Å². The number of ether oxygens (including phenoxy) is 1. The second kappa shape index (κ2) is 8.26. The first-order valence-electron chi connectivity index (χ1n) is 11.0. The number of fused-ring (bicyclic) bond motifs is 3. The van der Waals surface area contributed by atoms with Gasteiger partial charge in [-0.25, -0.2) is 8.78 Å². The zero-order valence-electron chi connectivity index (χ0n) is 17.7. The molecular weight excluding hydrogens is 436 g/mol. The van der Waals surface area contributed by atoms with Gasteiger partial charge in [0.05, 0.1) is 12.6 Å². The van der Waals surface area contributed by atoms with E-state index in [9.17, 15) is 28.3 Å². The Bertz CT molecular complexity index is 1200. The van der Waals surface area contributed by atoms with E-state index < -0.39 is 40.9 Å². The van der Waals surface area contributed by atoms with Crippen LogP contribution >= 0.6 is 0 Å². The molecule has 2 aliphatic heterocycles. The topological polar surface area (TPSA) is 101 Å². The first-order valence-corrected chi connectivity index (χ1v) is 11.0. The maximum atomic E-state index is 13.8. The van der Waals surface area contributed by atoms with Crippen molar-refractivity contribution in [1.29, 1.82) is 0 Å². The Morgan fingerprint density at radius 1 is 1.18 bits per heavy atom. The van der Waals surface area contributed by atoms with Crippen LogP contribution in [0, 0.1) is 17.6 Å². The van der Waals surface area contributed by atoms with E-state index in [1.807, 2.05) is 0 Å². The number of carbonyl (C=O) groups excluding carboxylic acids is 2. The van der Waals surface area contributed by atoms with Gasteiger partial charge in [-0.2, -0.15) is 0 Å². The van der Waals surface area contributed by atoms with Crippen molar-refractivity contribution in [3.8, 4) is 5.75 Å². The predicted molar refractivity (Wildman–Crippen MR) is 112 cm³/mol. The standard InChI is InChI=1S/C23H23F2N3O5/c24-14-6-5-12(16(25)7-14)8-26-22(31)15-10-27-11-18-28(23(32)19(27)21(30)20(15)29)9-13-3-1-2-4-17(13)33-18/h5-7,10,13,17-18,30H,1-4,8-9,11H2,(H,26,31)/t13?,17-,18+/m0/s1. The van der Waals surface area contributed by atoms with E-state index in [1.54, 1.807) is 4.90 Å². The lowest BCUT2D eigenvalue weighted by Gasteiger charge is -2.48. The van der Waals surface area contributed by atoms with Crippen molar-refractivity contribution in [3.05, 3.63) is 63.1 Å². The second-order valence-electron chi connectivity index (χ2n) is 8.77. The summed E-state index contributed by atoms with van der Waals surface area (Å²) in [6.07, 6.45) is 4.79. The summed E-state index contributed by atoms with van der Waals surface area (Å²) in [5, 5.41) is 12.9. The summed E-state index contributed by atoms with van der Waals surface area (Å²) >= 11 is 0. The highest BCUT2D eigenvalue weighted by atomic mass is 19.1. The highest BCUT2D eigenvalue weighted by molar-refractivity contribution is 5.99. The molecular formula is C23H23F2N3O5. The van der Waals surface area contributed by atoms with Crippen LogP contribution in [0.1, 0.15) is 52.1 Å². The molecule has 2 fully saturated rings. The molecule has 1 aromatic heterocycles. The lowest BCUT2D eigenvalue weighted by atomic mass is 9.84. The third-order valence-corrected chi connectivity index (χ3v) is 6.72. The Morgan fingerprint density at radius 2 is 1.97 bits per heavy atom. The normalized spacial score (nSPS) is 24.0. The molecule has 8 nitrogen and oxygen atoms in total. The lowest BCUT2D eigenvalue weighted by Crippen LogP contribution is -2.59. The fraction of sp³-hybridized carbons (Fsp3) is 0.435. The van der Waals surface area contributed by atoms with Gasteiger partial charge in [0.15, 0.2) is 17.7 Å². The van der Waals surface area contributed by atoms with Gasteiger partial charge in [0, 0.05) is 36.8 Å². The molecule has 3 atom stereocenters. The Hall–Kier alpha value is -3.27. The highest BCUT2D eigenvalue weighted by Crippen LogP contribution is 2.36. The monoisotopic (exact) mass is 459 g/mol. The average Bonchev–Trinajstić information content (AvgIpc) is 2.79. The number of pyridine rings is 1. The van der Waals surface area contributed by atoms with Gasteiger partial charge in [-0.05, 0) is 18.9 Å². The minimum Gasteiger partial charge on any atom is -0.503 e. The molecule has 1 aromatic carbocycles. The van der Waals surface area contributed by atoms with Gasteiger partial charge in [0.2, 0.25) is 5.43 Å². The van der Waals surface area contributed by atoms with E-state index in [0.29, 0.717) is 12.6 Å². The number of hydrogen-bond donors (Lipinski definition) is 2. The molecule has 2 N–H and O–H groups in total. The molecule has 0 radical (unpaired) electrons. The molecule has 0 spiro atoms. The third-order valence-electron chi connectivity index (χ3n) is 6.72. The molecule has 10 heteroatoms. The summed E-state index contributed by atoms with van der Waals surface area (Å²) in [4.78, 5) is 40.0. The maximum Gasteiger partial charge on any atom is 0.276 e. The summed E-state index contributed by atoms with van der Waals surface area (Å²) in [5.41, 5.74) is -1.50.